The van der Waals surface area contributed by atoms with Crippen LogP contribution in [-0.2, 0) is 4.79 Å². The third-order valence-electron chi connectivity index (χ3n) is 6.97. The molecule has 2 aliphatic rings. The van der Waals surface area contributed by atoms with Gasteiger partial charge in [-0.25, -0.2) is 14.5 Å². The van der Waals surface area contributed by atoms with Gasteiger partial charge in [0.25, 0.3) is 5.91 Å². The first-order valence-corrected chi connectivity index (χ1v) is 13.2. The molecule has 0 radical (unpaired) electrons. The van der Waals surface area contributed by atoms with Crippen molar-refractivity contribution < 1.29 is 14.0 Å². The van der Waals surface area contributed by atoms with Crippen molar-refractivity contribution in [3.63, 3.8) is 0 Å². The standard InChI is InChI=1S/C27H34FN7O2/c1-16(2)11-21(36)12-17-3-5-19(6-4-17)32-25-14-22(31-18-7-8-18)26-30-15-23(35(26)34-25)27(37)33-20-9-10-29-24(28)13-20/h9-10,13-19,31H,3-8,11-12H2,1-2H3,(H,32,34)(H,29,33,37). The second-order valence-electron chi connectivity index (χ2n) is 10.8. The van der Waals surface area contributed by atoms with E-state index in [1.165, 1.54) is 23.0 Å². The summed E-state index contributed by atoms with van der Waals surface area (Å²) in [6.45, 7) is 4.17. The average Bonchev–Trinajstić information content (AvgIpc) is 3.55. The monoisotopic (exact) mass is 507 g/mol. The zero-order valence-corrected chi connectivity index (χ0v) is 21.3. The Labute approximate surface area is 215 Å². The molecule has 2 saturated carbocycles. The fraction of sp³-hybridized carbons (Fsp3) is 0.519. The Morgan fingerprint density at radius 2 is 1.78 bits per heavy atom. The minimum absolute atomic E-state index is 0.246. The van der Waals surface area contributed by atoms with Gasteiger partial charge in [0.05, 0.1) is 11.9 Å². The molecule has 0 aromatic carbocycles. The van der Waals surface area contributed by atoms with E-state index >= 15 is 0 Å². The van der Waals surface area contributed by atoms with Crippen LogP contribution in [0, 0.1) is 17.8 Å². The van der Waals surface area contributed by atoms with Gasteiger partial charge in [-0.05, 0) is 56.4 Å². The van der Waals surface area contributed by atoms with Gasteiger partial charge in [-0.3, -0.25) is 9.59 Å². The molecule has 3 aromatic heterocycles. The number of hydrogen-bond donors (Lipinski definition) is 3. The molecule has 0 bridgehead atoms. The largest absolute Gasteiger partial charge is 0.379 e. The van der Waals surface area contributed by atoms with Crippen LogP contribution < -0.4 is 16.0 Å². The summed E-state index contributed by atoms with van der Waals surface area (Å²) in [5, 5.41) is 14.4. The van der Waals surface area contributed by atoms with Crippen LogP contribution >= 0.6 is 0 Å². The second-order valence-corrected chi connectivity index (χ2v) is 10.8. The van der Waals surface area contributed by atoms with E-state index in [4.69, 9.17) is 5.10 Å². The molecule has 0 atom stereocenters. The molecule has 2 fully saturated rings. The maximum Gasteiger partial charge on any atom is 0.276 e. The van der Waals surface area contributed by atoms with Gasteiger partial charge in [0.2, 0.25) is 5.95 Å². The van der Waals surface area contributed by atoms with Gasteiger partial charge in [0.1, 0.15) is 11.6 Å². The van der Waals surface area contributed by atoms with Crippen LogP contribution in [0.1, 0.15) is 75.7 Å². The SMILES string of the molecule is CC(C)CC(=O)CC1CCC(Nc2cc(NC3CC3)c3ncc(C(=O)Nc4ccnc(F)c4)n3n2)CC1. The van der Waals surface area contributed by atoms with Crippen LogP contribution in [-0.4, -0.2) is 43.4 Å². The number of aromatic nitrogens is 4. The summed E-state index contributed by atoms with van der Waals surface area (Å²) in [4.78, 5) is 33.2. The van der Waals surface area contributed by atoms with Crippen LogP contribution in [0.3, 0.4) is 0 Å². The van der Waals surface area contributed by atoms with Crippen molar-refractivity contribution in [2.75, 3.05) is 16.0 Å². The number of hydrogen-bond acceptors (Lipinski definition) is 7. The molecule has 10 heteroatoms. The van der Waals surface area contributed by atoms with E-state index < -0.39 is 11.9 Å². The molecule has 2 aliphatic carbocycles. The lowest BCUT2D eigenvalue weighted by molar-refractivity contribution is -0.120. The van der Waals surface area contributed by atoms with Gasteiger partial charge in [-0.1, -0.05) is 13.8 Å². The molecule has 3 N–H and O–H groups in total. The van der Waals surface area contributed by atoms with Gasteiger partial charge in [-0.15, -0.1) is 5.10 Å². The van der Waals surface area contributed by atoms with E-state index in [1.807, 2.05) is 6.07 Å². The lowest BCUT2D eigenvalue weighted by Crippen LogP contribution is -2.28. The van der Waals surface area contributed by atoms with Crippen molar-refractivity contribution in [2.45, 2.75) is 77.3 Å². The predicted octanol–water partition coefficient (Wildman–Crippen LogP) is 5.07. The van der Waals surface area contributed by atoms with Gasteiger partial charge in [0.15, 0.2) is 11.3 Å². The van der Waals surface area contributed by atoms with Crippen LogP contribution in [0.15, 0.2) is 30.6 Å². The summed E-state index contributed by atoms with van der Waals surface area (Å²) >= 11 is 0. The van der Waals surface area contributed by atoms with Crippen LogP contribution in [0.25, 0.3) is 5.65 Å². The minimum Gasteiger partial charge on any atom is -0.379 e. The number of carbonyl (C=O) groups excluding carboxylic acids is 2. The first-order chi connectivity index (χ1) is 17.8. The second kappa shape index (κ2) is 10.8. The third kappa shape index (κ3) is 6.42. The minimum atomic E-state index is -0.671. The number of nitrogens with zero attached hydrogens (tertiary/aromatic N) is 4. The summed E-state index contributed by atoms with van der Waals surface area (Å²) < 4.78 is 15.0. The van der Waals surface area contributed by atoms with Gasteiger partial charge < -0.3 is 16.0 Å². The van der Waals surface area contributed by atoms with E-state index in [-0.39, 0.29) is 11.7 Å². The molecule has 37 heavy (non-hydrogen) atoms. The Hall–Kier alpha value is -3.56. The maximum atomic E-state index is 13.5. The first-order valence-electron chi connectivity index (χ1n) is 13.2. The molecular formula is C27H34FN7O2. The Kier molecular flexibility index (Phi) is 7.34. The Morgan fingerprint density at radius 1 is 1.05 bits per heavy atom. The van der Waals surface area contributed by atoms with E-state index in [1.54, 1.807) is 0 Å². The smallest absolute Gasteiger partial charge is 0.276 e. The molecule has 5 rings (SSSR count). The topological polar surface area (TPSA) is 113 Å². The molecule has 9 nitrogen and oxygen atoms in total. The van der Waals surface area contributed by atoms with Gasteiger partial charge in [0, 0.05) is 48.9 Å². The summed E-state index contributed by atoms with van der Waals surface area (Å²) in [7, 11) is 0. The number of halogens is 1. The van der Waals surface area contributed by atoms with Crippen molar-refractivity contribution in [1.29, 1.82) is 0 Å². The van der Waals surface area contributed by atoms with E-state index in [2.05, 4.69) is 39.8 Å². The third-order valence-corrected chi connectivity index (χ3v) is 6.97. The molecule has 0 aliphatic heterocycles. The first kappa shape index (κ1) is 25.1. The van der Waals surface area contributed by atoms with Crippen molar-refractivity contribution in [1.82, 2.24) is 19.6 Å². The molecule has 0 unspecified atom stereocenters. The summed E-state index contributed by atoms with van der Waals surface area (Å²) in [5.74, 6) is 0.786. The number of pyridine rings is 1. The van der Waals surface area contributed by atoms with Crippen LogP contribution in [0.4, 0.5) is 21.6 Å². The molecule has 1 amide bonds. The summed E-state index contributed by atoms with van der Waals surface area (Å²) in [6, 6.07) is 5.28. The highest BCUT2D eigenvalue weighted by atomic mass is 19.1. The lowest BCUT2D eigenvalue weighted by Gasteiger charge is -2.29. The number of nitrogens with one attached hydrogen (secondary N) is 3. The quantitative estimate of drug-likeness (QED) is 0.329. The predicted molar refractivity (Wildman–Crippen MR) is 140 cm³/mol. The number of imidazole rings is 1. The van der Waals surface area contributed by atoms with Crippen molar-refractivity contribution in [2.24, 2.45) is 11.8 Å². The van der Waals surface area contributed by atoms with Gasteiger partial charge in [-0.2, -0.15) is 4.39 Å². The fourth-order valence-electron chi connectivity index (χ4n) is 5.00. The highest BCUT2D eigenvalue weighted by Gasteiger charge is 2.26. The number of amides is 1. The highest BCUT2D eigenvalue weighted by molar-refractivity contribution is 6.03. The summed E-state index contributed by atoms with van der Waals surface area (Å²) in [6.07, 6.45) is 10.3. The van der Waals surface area contributed by atoms with Crippen LogP contribution in [0.2, 0.25) is 0 Å². The number of carbonyl (C=O) groups is 2. The Morgan fingerprint density at radius 3 is 2.49 bits per heavy atom. The summed E-state index contributed by atoms with van der Waals surface area (Å²) in [5.41, 5.74) is 1.95. The number of anilines is 3. The number of Topliss-reactive ketones (excluding diaryl/α,β-unsaturated/α-hetero) is 1. The van der Waals surface area contributed by atoms with E-state index in [0.29, 0.717) is 53.7 Å². The fourth-order valence-corrected chi connectivity index (χ4v) is 5.00. The number of ketones is 1. The lowest BCUT2D eigenvalue weighted by atomic mass is 9.82. The molecule has 196 valence electrons. The molecule has 0 saturated heterocycles. The van der Waals surface area contributed by atoms with Crippen molar-refractivity contribution in [3.8, 4) is 0 Å². The Balaban J connectivity index is 1.31. The Bertz CT molecular complexity index is 1280. The molecule has 3 heterocycles. The van der Waals surface area contributed by atoms with Crippen molar-refractivity contribution in [3.05, 3.63) is 42.2 Å². The zero-order chi connectivity index (χ0) is 25.9. The zero-order valence-electron chi connectivity index (χ0n) is 21.3. The molecule has 3 aromatic rings. The average molecular weight is 508 g/mol. The van der Waals surface area contributed by atoms with E-state index in [9.17, 15) is 14.0 Å². The number of fused-ring (bicyclic) bond motifs is 1. The molecule has 0 spiro atoms. The van der Waals surface area contributed by atoms with E-state index in [0.717, 1.165) is 50.3 Å². The van der Waals surface area contributed by atoms with Gasteiger partial charge >= 0.3 is 0 Å². The normalized spacial score (nSPS) is 19.7. The van der Waals surface area contributed by atoms with Crippen LogP contribution in [0.5, 0.6) is 0 Å². The highest BCUT2D eigenvalue weighted by Crippen LogP contribution is 2.32. The van der Waals surface area contributed by atoms with Crippen molar-refractivity contribution >= 4 is 34.5 Å². The maximum absolute atomic E-state index is 13.5. The number of rotatable bonds is 10. The molecular weight excluding hydrogens is 473 g/mol.